The normalized spacial score (nSPS) is 14.5. The number of carbonyl (C=O) groups excluding carboxylic acids is 1. The summed E-state index contributed by atoms with van der Waals surface area (Å²) in [5.41, 5.74) is 1.84. The maximum Gasteiger partial charge on any atom is 0.262 e. The maximum atomic E-state index is 13.4. The lowest BCUT2D eigenvalue weighted by atomic mass is 10.1. The lowest BCUT2D eigenvalue weighted by Gasteiger charge is -2.29. The second-order valence-electron chi connectivity index (χ2n) is 8.97. The number of nitrogens with zero attached hydrogens (tertiary/aromatic N) is 5. The maximum absolute atomic E-state index is 13.4. The van der Waals surface area contributed by atoms with E-state index in [-0.39, 0.29) is 23.3 Å². The van der Waals surface area contributed by atoms with Crippen LogP contribution >= 0.6 is 11.8 Å². The molecule has 4 aromatic rings. The zero-order chi connectivity index (χ0) is 23.7. The SMILES string of the molecule is CCCn1c(=O)c2ccccc2n2c(SCC(=O)N(Cc3ccccc3)C(C)C3CC3)nnc12. The number of hydrogen-bond acceptors (Lipinski definition) is 5. The van der Waals surface area contributed by atoms with Gasteiger partial charge in [-0.3, -0.25) is 18.6 Å². The van der Waals surface area contributed by atoms with Crippen molar-refractivity contribution in [2.45, 2.75) is 57.4 Å². The summed E-state index contributed by atoms with van der Waals surface area (Å²) in [5, 5.41) is 9.98. The van der Waals surface area contributed by atoms with E-state index in [1.165, 1.54) is 24.6 Å². The van der Waals surface area contributed by atoms with Crippen molar-refractivity contribution in [2.75, 3.05) is 5.75 Å². The molecule has 176 valence electrons. The fourth-order valence-corrected chi connectivity index (χ4v) is 5.36. The molecular formula is C26H29N5O2S. The van der Waals surface area contributed by atoms with Crippen LogP contribution in [0.3, 0.4) is 0 Å². The minimum atomic E-state index is -0.0581. The van der Waals surface area contributed by atoms with E-state index in [9.17, 15) is 9.59 Å². The van der Waals surface area contributed by atoms with E-state index >= 15 is 0 Å². The third kappa shape index (κ3) is 4.34. The standard InChI is InChI=1S/C26H29N5O2S/c1-3-15-29-24(33)21-11-7-8-12-22(21)31-25(29)27-28-26(31)34-17-23(32)30(18(2)20-13-14-20)16-19-9-5-4-6-10-19/h4-12,18,20H,3,13-17H2,1-2H3. The van der Waals surface area contributed by atoms with E-state index in [0.29, 0.717) is 35.3 Å². The molecule has 1 fully saturated rings. The van der Waals surface area contributed by atoms with Gasteiger partial charge in [-0.1, -0.05) is 61.2 Å². The molecule has 1 aliphatic carbocycles. The van der Waals surface area contributed by atoms with Gasteiger partial charge in [-0.15, -0.1) is 10.2 Å². The summed E-state index contributed by atoms with van der Waals surface area (Å²) in [6, 6.07) is 17.9. The molecule has 0 saturated heterocycles. The first kappa shape index (κ1) is 22.7. The van der Waals surface area contributed by atoms with Crippen molar-refractivity contribution < 1.29 is 4.79 Å². The topological polar surface area (TPSA) is 72.5 Å². The summed E-state index contributed by atoms with van der Waals surface area (Å²) in [4.78, 5) is 28.5. The molecule has 1 amide bonds. The summed E-state index contributed by atoms with van der Waals surface area (Å²) in [6.45, 7) is 5.37. The average Bonchev–Trinajstić information content (AvgIpc) is 3.63. The number of carbonyl (C=O) groups is 1. The Labute approximate surface area is 202 Å². The highest BCUT2D eigenvalue weighted by molar-refractivity contribution is 7.99. The number of aryl methyl sites for hydroxylation is 1. The highest BCUT2D eigenvalue weighted by atomic mass is 32.2. The molecule has 0 N–H and O–H groups in total. The minimum Gasteiger partial charge on any atom is -0.335 e. The lowest BCUT2D eigenvalue weighted by molar-refractivity contribution is -0.131. The Kier molecular flexibility index (Phi) is 6.41. The van der Waals surface area contributed by atoms with Gasteiger partial charge in [-0.05, 0) is 49.8 Å². The lowest BCUT2D eigenvalue weighted by Crippen LogP contribution is -2.40. The molecule has 8 heteroatoms. The van der Waals surface area contributed by atoms with E-state index in [4.69, 9.17) is 0 Å². The van der Waals surface area contributed by atoms with E-state index in [0.717, 1.165) is 17.5 Å². The number of aromatic nitrogens is 4. The molecular weight excluding hydrogens is 446 g/mol. The van der Waals surface area contributed by atoms with Crippen LogP contribution in [0.25, 0.3) is 16.7 Å². The predicted octanol–water partition coefficient (Wildman–Crippen LogP) is 4.37. The molecule has 0 aliphatic heterocycles. The van der Waals surface area contributed by atoms with Crippen molar-refractivity contribution in [3.63, 3.8) is 0 Å². The number of rotatable bonds is 9. The molecule has 1 saturated carbocycles. The molecule has 2 aromatic heterocycles. The van der Waals surface area contributed by atoms with Crippen molar-refractivity contribution in [3.8, 4) is 0 Å². The highest BCUT2D eigenvalue weighted by Crippen LogP contribution is 2.36. The summed E-state index contributed by atoms with van der Waals surface area (Å²) in [5.74, 6) is 1.47. The Morgan fingerprint density at radius 2 is 1.85 bits per heavy atom. The third-order valence-corrected chi connectivity index (χ3v) is 7.48. The molecule has 1 atom stereocenters. The van der Waals surface area contributed by atoms with Gasteiger partial charge in [0.05, 0.1) is 16.7 Å². The van der Waals surface area contributed by atoms with Gasteiger partial charge < -0.3 is 4.90 Å². The van der Waals surface area contributed by atoms with Crippen LogP contribution in [-0.2, 0) is 17.9 Å². The van der Waals surface area contributed by atoms with E-state index in [1.54, 1.807) is 4.57 Å². The van der Waals surface area contributed by atoms with Crippen LogP contribution in [0, 0.1) is 5.92 Å². The second kappa shape index (κ2) is 9.62. The first-order chi connectivity index (χ1) is 16.6. The number of benzene rings is 2. The van der Waals surface area contributed by atoms with Gasteiger partial charge in [0.25, 0.3) is 5.56 Å². The van der Waals surface area contributed by atoms with Gasteiger partial charge in [-0.2, -0.15) is 0 Å². The first-order valence-corrected chi connectivity index (χ1v) is 12.9. The van der Waals surface area contributed by atoms with Crippen molar-refractivity contribution in [3.05, 3.63) is 70.5 Å². The Hall–Kier alpha value is -3.13. The summed E-state index contributed by atoms with van der Waals surface area (Å²) in [7, 11) is 0. The molecule has 2 aromatic carbocycles. The molecule has 0 spiro atoms. The van der Waals surface area contributed by atoms with Crippen LogP contribution in [-0.4, -0.2) is 41.8 Å². The van der Waals surface area contributed by atoms with Crippen LogP contribution in [0.15, 0.2) is 64.5 Å². The third-order valence-electron chi connectivity index (χ3n) is 6.56. The van der Waals surface area contributed by atoms with Crippen LogP contribution in [0.4, 0.5) is 0 Å². The quantitative estimate of drug-likeness (QED) is 0.336. The monoisotopic (exact) mass is 475 g/mol. The molecule has 2 heterocycles. The van der Waals surface area contributed by atoms with Gasteiger partial charge in [0.15, 0.2) is 5.16 Å². The number of amides is 1. The van der Waals surface area contributed by atoms with Crippen LogP contribution < -0.4 is 5.56 Å². The summed E-state index contributed by atoms with van der Waals surface area (Å²) >= 11 is 1.38. The van der Waals surface area contributed by atoms with Gasteiger partial charge >= 0.3 is 0 Å². The first-order valence-electron chi connectivity index (χ1n) is 11.9. The van der Waals surface area contributed by atoms with Crippen molar-refractivity contribution >= 4 is 34.3 Å². The van der Waals surface area contributed by atoms with Crippen molar-refractivity contribution in [2.24, 2.45) is 5.92 Å². The largest absolute Gasteiger partial charge is 0.335 e. The predicted molar refractivity (Wildman–Crippen MR) is 135 cm³/mol. The Balaban J connectivity index is 1.44. The fraction of sp³-hybridized carbons (Fsp3) is 0.385. The Morgan fingerprint density at radius 3 is 2.59 bits per heavy atom. The van der Waals surface area contributed by atoms with Crippen LogP contribution in [0.2, 0.25) is 0 Å². The second-order valence-corrected chi connectivity index (χ2v) is 9.91. The van der Waals surface area contributed by atoms with Gasteiger partial charge in [0, 0.05) is 19.1 Å². The molecule has 7 nitrogen and oxygen atoms in total. The highest BCUT2D eigenvalue weighted by Gasteiger charge is 2.34. The van der Waals surface area contributed by atoms with Gasteiger partial charge in [0.1, 0.15) is 0 Å². The number of hydrogen-bond donors (Lipinski definition) is 0. The molecule has 0 bridgehead atoms. The van der Waals surface area contributed by atoms with E-state index in [2.05, 4.69) is 29.3 Å². The van der Waals surface area contributed by atoms with Crippen molar-refractivity contribution in [1.82, 2.24) is 24.1 Å². The van der Waals surface area contributed by atoms with Gasteiger partial charge in [0.2, 0.25) is 11.7 Å². The Bertz CT molecular complexity index is 1380. The molecule has 34 heavy (non-hydrogen) atoms. The molecule has 0 radical (unpaired) electrons. The Morgan fingerprint density at radius 1 is 1.12 bits per heavy atom. The number of thioether (sulfide) groups is 1. The zero-order valence-electron chi connectivity index (χ0n) is 19.6. The van der Waals surface area contributed by atoms with Crippen LogP contribution in [0.5, 0.6) is 0 Å². The molecule has 1 aliphatic rings. The number of fused-ring (bicyclic) bond motifs is 3. The van der Waals surface area contributed by atoms with E-state index < -0.39 is 0 Å². The average molecular weight is 476 g/mol. The zero-order valence-corrected chi connectivity index (χ0v) is 20.4. The smallest absolute Gasteiger partial charge is 0.262 e. The fourth-order valence-electron chi connectivity index (χ4n) is 4.53. The summed E-state index contributed by atoms with van der Waals surface area (Å²) < 4.78 is 3.59. The summed E-state index contributed by atoms with van der Waals surface area (Å²) in [6.07, 6.45) is 3.18. The molecule has 5 rings (SSSR count). The minimum absolute atomic E-state index is 0.0581. The molecule has 1 unspecified atom stereocenters. The van der Waals surface area contributed by atoms with Crippen molar-refractivity contribution in [1.29, 1.82) is 0 Å². The van der Waals surface area contributed by atoms with Crippen LogP contribution in [0.1, 0.15) is 38.7 Å². The van der Waals surface area contributed by atoms with E-state index in [1.807, 2.05) is 58.7 Å². The van der Waals surface area contributed by atoms with Gasteiger partial charge in [-0.25, -0.2) is 0 Å². The number of para-hydroxylation sites is 1.